The molecule has 0 saturated carbocycles. The Morgan fingerprint density at radius 2 is 2.23 bits per heavy atom. The third kappa shape index (κ3) is 3.10. The molecule has 0 fully saturated rings. The van der Waals surface area contributed by atoms with Gasteiger partial charge in [0.1, 0.15) is 5.82 Å². The van der Waals surface area contributed by atoms with Crippen LogP contribution in [-0.2, 0) is 6.54 Å². The summed E-state index contributed by atoms with van der Waals surface area (Å²) >= 11 is 7.29. The van der Waals surface area contributed by atoms with E-state index in [1.54, 1.807) is 17.5 Å². The van der Waals surface area contributed by atoms with Crippen molar-refractivity contribution in [2.75, 3.05) is 5.32 Å². The van der Waals surface area contributed by atoms with Gasteiger partial charge in [0.05, 0.1) is 16.9 Å². The van der Waals surface area contributed by atoms with Gasteiger partial charge in [0.15, 0.2) is 0 Å². The van der Waals surface area contributed by atoms with Crippen LogP contribution in [0.5, 0.6) is 0 Å². The van der Waals surface area contributed by atoms with Gasteiger partial charge < -0.3 is 5.32 Å². The molecule has 3 aromatic rings. The van der Waals surface area contributed by atoms with Crippen LogP contribution in [0.1, 0.15) is 17.6 Å². The molecule has 0 aliphatic heterocycles. The summed E-state index contributed by atoms with van der Waals surface area (Å²) in [5.41, 5.74) is 2.63. The van der Waals surface area contributed by atoms with Crippen LogP contribution < -0.4 is 5.32 Å². The van der Waals surface area contributed by atoms with Gasteiger partial charge >= 0.3 is 0 Å². The molecule has 0 atom stereocenters. The van der Waals surface area contributed by atoms with E-state index in [9.17, 15) is 8.78 Å². The fourth-order valence-electron chi connectivity index (χ4n) is 2.01. The molecule has 8 heteroatoms. The average molecular weight is 341 g/mol. The summed E-state index contributed by atoms with van der Waals surface area (Å²) < 4.78 is 25.6. The number of nitrogens with one attached hydrogen (secondary N) is 2. The highest BCUT2D eigenvalue weighted by atomic mass is 35.5. The minimum Gasteiger partial charge on any atom is -0.366 e. The van der Waals surface area contributed by atoms with Crippen molar-refractivity contribution in [1.29, 1.82) is 0 Å². The van der Waals surface area contributed by atoms with Crippen molar-refractivity contribution in [3.05, 3.63) is 51.4 Å². The van der Waals surface area contributed by atoms with Crippen LogP contribution in [-0.4, -0.2) is 15.2 Å². The fraction of sp³-hybridized carbons (Fsp3) is 0.143. The number of rotatable bonds is 5. The molecule has 0 unspecified atom stereocenters. The van der Waals surface area contributed by atoms with Gasteiger partial charge in [-0.05, 0) is 17.5 Å². The van der Waals surface area contributed by atoms with Crippen LogP contribution in [0.25, 0.3) is 11.3 Å². The maximum absolute atomic E-state index is 12.8. The number of anilines is 1. The van der Waals surface area contributed by atoms with Crippen LogP contribution in [0.2, 0.25) is 5.02 Å². The minimum atomic E-state index is -2.63. The van der Waals surface area contributed by atoms with Crippen molar-refractivity contribution in [2.24, 2.45) is 0 Å². The van der Waals surface area contributed by atoms with Crippen molar-refractivity contribution in [3.8, 4) is 11.3 Å². The van der Waals surface area contributed by atoms with Crippen molar-refractivity contribution in [3.63, 3.8) is 0 Å². The summed E-state index contributed by atoms with van der Waals surface area (Å²) in [5.74, 6) is 0.345. The van der Waals surface area contributed by atoms with Gasteiger partial charge in [-0.2, -0.15) is 16.4 Å². The second-order valence-corrected chi connectivity index (χ2v) is 5.71. The van der Waals surface area contributed by atoms with Crippen molar-refractivity contribution in [1.82, 2.24) is 15.2 Å². The lowest BCUT2D eigenvalue weighted by Crippen LogP contribution is -2.03. The third-order valence-electron chi connectivity index (χ3n) is 3.11. The smallest absolute Gasteiger partial charge is 0.265 e. The Morgan fingerprint density at radius 1 is 1.36 bits per heavy atom. The minimum absolute atomic E-state index is 0.0391. The van der Waals surface area contributed by atoms with Crippen LogP contribution in [0, 0.1) is 0 Å². The zero-order valence-electron chi connectivity index (χ0n) is 11.2. The van der Waals surface area contributed by atoms with E-state index in [-0.39, 0.29) is 10.6 Å². The van der Waals surface area contributed by atoms with E-state index in [0.717, 1.165) is 16.8 Å². The number of halogens is 3. The first-order valence-electron chi connectivity index (χ1n) is 6.37. The average Bonchev–Trinajstić information content (AvgIpc) is 3.16. The van der Waals surface area contributed by atoms with Crippen LogP contribution in [0.15, 0.2) is 35.3 Å². The van der Waals surface area contributed by atoms with E-state index >= 15 is 0 Å². The van der Waals surface area contributed by atoms with Gasteiger partial charge in [0.25, 0.3) is 6.43 Å². The lowest BCUT2D eigenvalue weighted by molar-refractivity contribution is 0.151. The predicted octanol–water partition coefficient (Wildman–Crippen LogP) is 4.74. The molecule has 0 bridgehead atoms. The first-order valence-corrected chi connectivity index (χ1v) is 7.69. The molecule has 3 aromatic heterocycles. The summed E-state index contributed by atoms with van der Waals surface area (Å²) in [7, 11) is 0. The molecule has 0 radical (unpaired) electrons. The Hall–Kier alpha value is -1.99. The second kappa shape index (κ2) is 6.41. The third-order valence-corrected chi connectivity index (χ3v) is 4.11. The molecule has 114 valence electrons. The summed E-state index contributed by atoms with van der Waals surface area (Å²) in [6.07, 6.45) is 0.288. The number of aromatic amines is 1. The largest absolute Gasteiger partial charge is 0.366 e. The second-order valence-electron chi connectivity index (χ2n) is 4.53. The summed E-state index contributed by atoms with van der Waals surface area (Å²) in [4.78, 5) is 4.01. The molecule has 3 heterocycles. The normalized spacial score (nSPS) is 11.1. The molecule has 0 aliphatic rings. The Morgan fingerprint density at radius 3 is 2.95 bits per heavy atom. The van der Waals surface area contributed by atoms with E-state index < -0.39 is 6.43 Å². The van der Waals surface area contributed by atoms with Crippen LogP contribution in [0.4, 0.5) is 14.6 Å². The number of H-pyrrole nitrogens is 1. The molecule has 4 nitrogen and oxygen atoms in total. The first kappa shape index (κ1) is 14.9. The molecule has 0 spiro atoms. The van der Waals surface area contributed by atoms with Gasteiger partial charge in [-0.1, -0.05) is 11.6 Å². The number of hydrogen-bond acceptors (Lipinski definition) is 4. The maximum atomic E-state index is 12.8. The van der Waals surface area contributed by atoms with E-state index in [1.165, 1.54) is 12.3 Å². The molecular formula is C14H11ClF2N4S. The zero-order valence-corrected chi connectivity index (χ0v) is 12.8. The molecule has 0 amide bonds. The van der Waals surface area contributed by atoms with Crippen LogP contribution in [0.3, 0.4) is 0 Å². The Labute approximate surface area is 134 Å². The molecule has 0 aliphatic carbocycles. The SMILES string of the molecule is FC(F)c1cc(NCc2cn[nH]c2-c2ccsc2)ncc1Cl. The standard InChI is InChI=1S/C14H11ClF2N4S/c15-11-6-19-12(3-10(11)14(16)17)18-4-9-5-20-21-13(9)8-1-2-22-7-8/h1-3,5-7,14H,4H2,(H,18,19)(H,20,21). The predicted molar refractivity (Wildman–Crippen MR) is 83.4 cm³/mol. The Kier molecular flexibility index (Phi) is 4.35. The van der Waals surface area contributed by atoms with Gasteiger partial charge in [-0.3, -0.25) is 5.10 Å². The maximum Gasteiger partial charge on any atom is 0.265 e. The zero-order chi connectivity index (χ0) is 15.5. The Bertz CT molecular complexity index is 758. The van der Waals surface area contributed by atoms with Gasteiger partial charge in [-0.15, -0.1) is 0 Å². The van der Waals surface area contributed by atoms with E-state index in [1.807, 2.05) is 16.8 Å². The number of pyridine rings is 1. The topological polar surface area (TPSA) is 53.6 Å². The molecule has 2 N–H and O–H groups in total. The highest BCUT2D eigenvalue weighted by Gasteiger charge is 2.14. The quantitative estimate of drug-likeness (QED) is 0.705. The highest BCUT2D eigenvalue weighted by molar-refractivity contribution is 7.08. The first-order chi connectivity index (χ1) is 10.6. The molecule has 22 heavy (non-hydrogen) atoms. The van der Waals surface area contributed by atoms with E-state index in [4.69, 9.17) is 11.6 Å². The number of hydrogen-bond donors (Lipinski definition) is 2. The van der Waals surface area contributed by atoms with Gasteiger partial charge in [0, 0.05) is 34.8 Å². The number of thiophene rings is 1. The summed E-state index contributed by atoms with van der Waals surface area (Å²) in [5, 5.41) is 13.9. The van der Waals surface area contributed by atoms with Crippen molar-refractivity contribution >= 4 is 28.8 Å². The van der Waals surface area contributed by atoms with Gasteiger partial charge in [0.2, 0.25) is 0 Å². The number of alkyl halides is 2. The Balaban J connectivity index is 1.76. The molecular weight excluding hydrogens is 330 g/mol. The molecule has 3 rings (SSSR count). The van der Waals surface area contributed by atoms with Crippen molar-refractivity contribution in [2.45, 2.75) is 13.0 Å². The summed E-state index contributed by atoms with van der Waals surface area (Å²) in [6.45, 7) is 0.416. The number of aromatic nitrogens is 3. The fourth-order valence-corrected chi connectivity index (χ4v) is 2.84. The highest BCUT2D eigenvalue weighted by Crippen LogP contribution is 2.29. The monoisotopic (exact) mass is 340 g/mol. The van der Waals surface area contributed by atoms with E-state index in [2.05, 4.69) is 20.5 Å². The van der Waals surface area contributed by atoms with Gasteiger partial charge in [-0.25, -0.2) is 13.8 Å². The summed E-state index contributed by atoms with van der Waals surface area (Å²) in [6, 6.07) is 3.24. The number of nitrogens with zero attached hydrogens (tertiary/aromatic N) is 2. The lowest BCUT2D eigenvalue weighted by atomic mass is 10.1. The van der Waals surface area contributed by atoms with Crippen LogP contribution >= 0.6 is 22.9 Å². The van der Waals surface area contributed by atoms with Crippen molar-refractivity contribution < 1.29 is 8.78 Å². The van der Waals surface area contributed by atoms with E-state index in [0.29, 0.717) is 12.4 Å². The molecule has 0 aromatic carbocycles. The molecule has 0 saturated heterocycles. The lowest BCUT2D eigenvalue weighted by Gasteiger charge is -2.08.